The lowest BCUT2D eigenvalue weighted by Crippen LogP contribution is -2.36. The van der Waals surface area contributed by atoms with E-state index in [1.165, 1.54) is 0 Å². The third-order valence-corrected chi connectivity index (χ3v) is 1.51. The molecule has 2 N–H and O–H groups in total. The average Bonchev–Trinajstić information content (AvgIpc) is 2.12. The molecule has 0 radical (unpaired) electrons. The molecular formula is C8H13NO5. The highest BCUT2D eigenvalue weighted by atomic mass is 16.5. The van der Waals surface area contributed by atoms with Gasteiger partial charge in [0.25, 0.3) is 0 Å². The number of amides is 1. The maximum Gasteiger partial charge on any atom is 0.326 e. The summed E-state index contributed by atoms with van der Waals surface area (Å²) in [5.74, 6) is -1.63. The Morgan fingerprint density at radius 2 is 2.21 bits per heavy atom. The van der Waals surface area contributed by atoms with Gasteiger partial charge in [-0.2, -0.15) is 0 Å². The summed E-state index contributed by atoms with van der Waals surface area (Å²) in [7, 11) is 0. The number of nitrogens with one attached hydrogen (secondary N) is 1. The predicted molar refractivity (Wildman–Crippen MR) is 46.5 cm³/mol. The molecule has 0 spiro atoms. The number of aliphatic carboxylic acids is 1. The minimum Gasteiger partial charge on any atom is -0.480 e. The third kappa shape index (κ3) is 5.13. The van der Waals surface area contributed by atoms with Crippen LogP contribution in [0.3, 0.4) is 0 Å². The van der Waals surface area contributed by atoms with Crippen LogP contribution in [0.4, 0.5) is 0 Å². The number of hydrogen-bond donors (Lipinski definition) is 2. The molecule has 80 valence electrons. The molecule has 0 rings (SSSR count). The van der Waals surface area contributed by atoms with Gasteiger partial charge in [0.05, 0.1) is 6.61 Å². The molecule has 1 atom stereocenters. The zero-order valence-corrected chi connectivity index (χ0v) is 7.86. The summed E-state index contributed by atoms with van der Waals surface area (Å²) in [5.41, 5.74) is 0. The van der Waals surface area contributed by atoms with E-state index in [4.69, 9.17) is 5.11 Å². The van der Waals surface area contributed by atoms with Crippen molar-refractivity contribution in [3.63, 3.8) is 0 Å². The summed E-state index contributed by atoms with van der Waals surface area (Å²) >= 11 is 0. The fourth-order valence-corrected chi connectivity index (χ4v) is 0.856. The van der Waals surface area contributed by atoms with Crippen molar-refractivity contribution in [2.45, 2.75) is 25.8 Å². The Morgan fingerprint density at radius 3 is 2.64 bits per heavy atom. The van der Waals surface area contributed by atoms with Crippen LogP contribution in [0.15, 0.2) is 0 Å². The van der Waals surface area contributed by atoms with E-state index in [0.29, 0.717) is 6.41 Å². The second-order valence-corrected chi connectivity index (χ2v) is 2.52. The van der Waals surface area contributed by atoms with E-state index in [1.807, 2.05) is 0 Å². The van der Waals surface area contributed by atoms with Crippen molar-refractivity contribution in [2.75, 3.05) is 6.61 Å². The smallest absolute Gasteiger partial charge is 0.326 e. The number of esters is 1. The number of carboxylic acid groups (broad SMARTS) is 1. The van der Waals surface area contributed by atoms with Crippen molar-refractivity contribution in [2.24, 2.45) is 0 Å². The normalized spacial score (nSPS) is 11.5. The van der Waals surface area contributed by atoms with Crippen LogP contribution >= 0.6 is 0 Å². The molecule has 0 saturated heterocycles. The van der Waals surface area contributed by atoms with Gasteiger partial charge >= 0.3 is 11.9 Å². The van der Waals surface area contributed by atoms with Crippen LogP contribution in [0.1, 0.15) is 19.8 Å². The highest BCUT2D eigenvalue weighted by molar-refractivity contribution is 5.77. The van der Waals surface area contributed by atoms with E-state index < -0.39 is 18.0 Å². The quantitative estimate of drug-likeness (QED) is 0.431. The van der Waals surface area contributed by atoms with Gasteiger partial charge in [-0.1, -0.05) is 0 Å². The number of carboxylic acids is 1. The molecule has 0 aliphatic heterocycles. The van der Waals surface area contributed by atoms with Crippen LogP contribution in [-0.4, -0.2) is 36.1 Å². The lowest BCUT2D eigenvalue weighted by molar-refractivity contribution is -0.144. The van der Waals surface area contributed by atoms with Gasteiger partial charge in [0, 0.05) is 6.42 Å². The predicted octanol–water partition coefficient (Wildman–Crippen LogP) is -0.471. The Labute approximate surface area is 81.2 Å². The Morgan fingerprint density at radius 1 is 1.57 bits per heavy atom. The summed E-state index contributed by atoms with van der Waals surface area (Å²) in [6, 6.07) is -1.03. The highest BCUT2D eigenvalue weighted by Crippen LogP contribution is 1.99. The first-order valence-corrected chi connectivity index (χ1v) is 4.20. The molecule has 0 aliphatic rings. The lowest BCUT2D eigenvalue weighted by Gasteiger charge is -2.09. The average molecular weight is 203 g/mol. The molecule has 0 aliphatic carbocycles. The van der Waals surface area contributed by atoms with Crippen molar-refractivity contribution in [1.82, 2.24) is 5.32 Å². The molecule has 6 heteroatoms. The topological polar surface area (TPSA) is 92.7 Å². The fourth-order valence-electron chi connectivity index (χ4n) is 0.856. The lowest BCUT2D eigenvalue weighted by atomic mass is 10.1. The summed E-state index contributed by atoms with van der Waals surface area (Å²) in [5, 5.41) is 10.7. The highest BCUT2D eigenvalue weighted by Gasteiger charge is 2.17. The van der Waals surface area contributed by atoms with Crippen molar-refractivity contribution in [1.29, 1.82) is 0 Å². The van der Waals surface area contributed by atoms with Gasteiger partial charge in [0.1, 0.15) is 6.04 Å². The van der Waals surface area contributed by atoms with Gasteiger partial charge in [-0.15, -0.1) is 0 Å². The molecule has 14 heavy (non-hydrogen) atoms. The third-order valence-electron chi connectivity index (χ3n) is 1.51. The zero-order valence-electron chi connectivity index (χ0n) is 7.86. The summed E-state index contributed by atoms with van der Waals surface area (Å²) < 4.78 is 4.60. The molecule has 6 nitrogen and oxygen atoms in total. The van der Waals surface area contributed by atoms with E-state index in [9.17, 15) is 14.4 Å². The van der Waals surface area contributed by atoms with Crippen molar-refractivity contribution >= 4 is 18.3 Å². The van der Waals surface area contributed by atoms with Gasteiger partial charge in [-0.25, -0.2) is 4.79 Å². The second kappa shape index (κ2) is 6.88. The van der Waals surface area contributed by atoms with E-state index >= 15 is 0 Å². The summed E-state index contributed by atoms with van der Waals surface area (Å²) in [6.45, 7) is 1.92. The van der Waals surface area contributed by atoms with E-state index in [1.54, 1.807) is 6.92 Å². The van der Waals surface area contributed by atoms with E-state index in [-0.39, 0.29) is 19.4 Å². The molecule has 0 fully saturated rings. The Hall–Kier alpha value is -1.59. The van der Waals surface area contributed by atoms with Crippen LogP contribution in [0.2, 0.25) is 0 Å². The van der Waals surface area contributed by atoms with Crippen LogP contribution in [0, 0.1) is 0 Å². The number of hydrogen-bond acceptors (Lipinski definition) is 4. The largest absolute Gasteiger partial charge is 0.480 e. The van der Waals surface area contributed by atoms with Gasteiger partial charge in [-0.05, 0) is 13.3 Å². The molecule has 0 bridgehead atoms. The molecule has 0 saturated carbocycles. The number of carbonyl (C=O) groups is 3. The Bertz CT molecular complexity index is 216. The standard InChI is InChI=1S/C8H13NO5/c1-2-14-7(11)4-3-6(8(12)13)9-5-10/h5-6H,2-4H2,1H3,(H,9,10)(H,12,13)/t6-/m0/s1. The van der Waals surface area contributed by atoms with Crippen molar-refractivity contribution in [3.05, 3.63) is 0 Å². The molecular weight excluding hydrogens is 190 g/mol. The fraction of sp³-hybridized carbons (Fsp3) is 0.625. The first kappa shape index (κ1) is 12.4. The Kier molecular flexibility index (Phi) is 6.09. The maximum absolute atomic E-state index is 10.8. The van der Waals surface area contributed by atoms with Gasteiger partial charge in [-0.3, -0.25) is 9.59 Å². The second-order valence-electron chi connectivity index (χ2n) is 2.52. The summed E-state index contributed by atoms with van der Waals surface area (Å²) in [6.07, 6.45) is 0.308. The first-order valence-electron chi connectivity index (χ1n) is 4.20. The molecule has 0 aromatic heterocycles. The van der Waals surface area contributed by atoms with Crippen molar-refractivity contribution in [3.8, 4) is 0 Å². The van der Waals surface area contributed by atoms with E-state index in [0.717, 1.165) is 0 Å². The number of carbonyl (C=O) groups excluding carboxylic acids is 2. The number of ether oxygens (including phenoxy) is 1. The minimum atomic E-state index is -1.17. The van der Waals surface area contributed by atoms with E-state index in [2.05, 4.69) is 10.1 Å². The number of rotatable bonds is 7. The van der Waals surface area contributed by atoms with Crippen molar-refractivity contribution < 1.29 is 24.2 Å². The molecule has 0 heterocycles. The zero-order chi connectivity index (χ0) is 11.0. The summed E-state index contributed by atoms with van der Waals surface area (Å²) in [4.78, 5) is 31.3. The maximum atomic E-state index is 10.8. The molecule has 1 amide bonds. The van der Waals surface area contributed by atoms with Crippen LogP contribution in [0.25, 0.3) is 0 Å². The molecule has 0 unspecified atom stereocenters. The minimum absolute atomic E-state index is 0.0222. The first-order chi connectivity index (χ1) is 6.61. The molecule has 0 aromatic rings. The van der Waals surface area contributed by atoms with Crippen LogP contribution in [0.5, 0.6) is 0 Å². The van der Waals surface area contributed by atoms with Crippen LogP contribution in [-0.2, 0) is 19.1 Å². The van der Waals surface area contributed by atoms with Gasteiger partial charge in [0.2, 0.25) is 6.41 Å². The molecule has 0 aromatic carbocycles. The Balaban J connectivity index is 3.87. The van der Waals surface area contributed by atoms with Crippen LogP contribution < -0.4 is 5.32 Å². The van der Waals surface area contributed by atoms with Gasteiger partial charge < -0.3 is 15.2 Å². The van der Waals surface area contributed by atoms with Gasteiger partial charge in [0.15, 0.2) is 0 Å². The monoisotopic (exact) mass is 203 g/mol. The SMILES string of the molecule is CCOC(=O)CC[C@H](NC=O)C(=O)O.